The van der Waals surface area contributed by atoms with Gasteiger partial charge in [-0.1, -0.05) is 12.1 Å². The Labute approximate surface area is 107 Å². The van der Waals surface area contributed by atoms with E-state index in [4.69, 9.17) is 0 Å². The number of nitrogens with zero attached hydrogens (tertiary/aromatic N) is 2. The van der Waals surface area contributed by atoms with Crippen LogP contribution in [0.25, 0.3) is 0 Å². The van der Waals surface area contributed by atoms with Crippen LogP contribution < -0.4 is 5.32 Å². The quantitative estimate of drug-likeness (QED) is 0.879. The monoisotopic (exact) mass is 247 g/mol. The molecular formula is C14H18FN3. The lowest BCUT2D eigenvalue weighted by atomic mass is 10.1. The molecule has 1 N–H and O–H groups in total. The zero-order valence-corrected chi connectivity index (χ0v) is 10.7. The number of benzene rings is 1. The summed E-state index contributed by atoms with van der Waals surface area (Å²) in [5.74, 6) is -0.142. The third-order valence-electron chi connectivity index (χ3n) is 2.93. The normalized spacial score (nSPS) is 12.6. The van der Waals surface area contributed by atoms with E-state index in [-0.39, 0.29) is 5.82 Å². The minimum Gasteiger partial charge on any atom is -0.336 e. The van der Waals surface area contributed by atoms with Crippen LogP contribution in [0.5, 0.6) is 0 Å². The molecule has 18 heavy (non-hydrogen) atoms. The molecule has 2 aromatic rings. The van der Waals surface area contributed by atoms with E-state index in [0.29, 0.717) is 18.2 Å². The molecule has 1 heterocycles. The highest BCUT2D eigenvalue weighted by atomic mass is 19.1. The molecule has 0 bridgehead atoms. The number of aromatic nitrogens is 2. The summed E-state index contributed by atoms with van der Waals surface area (Å²) in [4.78, 5) is 4.00. The largest absolute Gasteiger partial charge is 0.336 e. The Bertz CT molecular complexity index is 494. The summed E-state index contributed by atoms with van der Waals surface area (Å²) in [5.41, 5.74) is 1.65. The molecule has 0 saturated heterocycles. The van der Waals surface area contributed by atoms with Crippen molar-refractivity contribution in [3.8, 4) is 0 Å². The van der Waals surface area contributed by atoms with Crippen molar-refractivity contribution in [3.63, 3.8) is 0 Å². The van der Waals surface area contributed by atoms with Gasteiger partial charge in [0.2, 0.25) is 0 Å². The first-order chi connectivity index (χ1) is 8.65. The fourth-order valence-electron chi connectivity index (χ4n) is 1.81. The number of rotatable bonds is 5. The van der Waals surface area contributed by atoms with Crippen LogP contribution in [0.15, 0.2) is 36.9 Å². The molecule has 96 valence electrons. The average molecular weight is 247 g/mol. The van der Waals surface area contributed by atoms with Crippen LogP contribution in [0.2, 0.25) is 0 Å². The summed E-state index contributed by atoms with van der Waals surface area (Å²) in [6, 6.07) is 5.66. The van der Waals surface area contributed by atoms with Gasteiger partial charge >= 0.3 is 0 Å². The predicted molar refractivity (Wildman–Crippen MR) is 69.7 cm³/mol. The third kappa shape index (κ3) is 3.40. The van der Waals surface area contributed by atoms with Gasteiger partial charge < -0.3 is 9.88 Å². The summed E-state index contributed by atoms with van der Waals surface area (Å²) in [7, 11) is 0. The molecule has 0 spiro atoms. The van der Waals surface area contributed by atoms with Crippen molar-refractivity contribution in [2.45, 2.75) is 33.0 Å². The van der Waals surface area contributed by atoms with Crippen molar-refractivity contribution >= 4 is 0 Å². The molecule has 1 aromatic heterocycles. The molecule has 0 aliphatic rings. The van der Waals surface area contributed by atoms with Crippen molar-refractivity contribution < 1.29 is 4.39 Å². The smallest absolute Gasteiger partial charge is 0.126 e. The summed E-state index contributed by atoms with van der Waals surface area (Å²) in [6.07, 6.45) is 5.50. The highest BCUT2D eigenvalue weighted by molar-refractivity contribution is 5.23. The highest BCUT2D eigenvalue weighted by Crippen LogP contribution is 2.09. The van der Waals surface area contributed by atoms with Crippen LogP contribution in [-0.2, 0) is 13.1 Å². The number of hydrogen-bond acceptors (Lipinski definition) is 2. The zero-order chi connectivity index (χ0) is 13.0. The second kappa shape index (κ2) is 5.78. The van der Waals surface area contributed by atoms with Crippen LogP contribution in [0.1, 0.15) is 18.1 Å². The SMILES string of the molecule is Cc1ccc(CNC(C)Cn2ccnc2)cc1F. The van der Waals surface area contributed by atoms with Crippen molar-refractivity contribution in [2.75, 3.05) is 0 Å². The molecular weight excluding hydrogens is 229 g/mol. The Balaban J connectivity index is 1.85. The number of aryl methyl sites for hydroxylation is 1. The van der Waals surface area contributed by atoms with Gasteiger partial charge in [-0.25, -0.2) is 9.37 Å². The predicted octanol–water partition coefficient (Wildman–Crippen LogP) is 2.51. The van der Waals surface area contributed by atoms with Gasteiger partial charge in [0.1, 0.15) is 5.82 Å². The van der Waals surface area contributed by atoms with Crippen LogP contribution in [0.4, 0.5) is 4.39 Å². The maximum Gasteiger partial charge on any atom is 0.126 e. The van der Waals surface area contributed by atoms with Crippen molar-refractivity contribution in [1.82, 2.24) is 14.9 Å². The van der Waals surface area contributed by atoms with E-state index >= 15 is 0 Å². The van der Waals surface area contributed by atoms with E-state index in [0.717, 1.165) is 12.1 Å². The standard InChI is InChI=1S/C14H18FN3/c1-11-3-4-13(7-14(11)15)8-17-12(2)9-18-6-5-16-10-18/h3-7,10,12,17H,8-9H2,1-2H3. The fraction of sp³-hybridized carbons (Fsp3) is 0.357. The van der Waals surface area contributed by atoms with E-state index in [1.807, 2.05) is 22.9 Å². The van der Waals surface area contributed by atoms with Gasteiger partial charge in [0.25, 0.3) is 0 Å². The van der Waals surface area contributed by atoms with Gasteiger partial charge in [0.15, 0.2) is 0 Å². The molecule has 0 radical (unpaired) electrons. The number of nitrogens with one attached hydrogen (secondary N) is 1. The number of hydrogen-bond donors (Lipinski definition) is 1. The van der Waals surface area contributed by atoms with Gasteiger partial charge in [-0.3, -0.25) is 0 Å². The van der Waals surface area contributed by atoms with Gasteiger partial charge in [-0.05, 0) is 31.0 Å². The Kier molecular flexibility index (Phi) is 4.10. The summed E-state index contributed by atoms with van der Waals surface area (Å²) >= 11 is 0. The minimum atomic E-state index is -0.142. The summed E-state index contributed by atoms with van der Waals surface area (Å²) in [6.45, 7) is 5.40. The molecule has 1 unspecified atom stereocenters. The lowest BCUT2D eigenvalue weighted by Gasteiger charge is -2.14. The van der Waals surface area contributed by atoms with E-state index in [9.17, 15) is 4.39 Å². The minimum absolute atomic E-state index is 0.142. The van der Waals surface area contributed by atoms with Crippen LogP contribution in [-0.4, -0.2) is 15.6 Å². The Morgan fingerprint density at radius 3 is 2.94 bits per heavy atom. The highest BCUT2D eigenvalue weighted by Gasteiger charge is 2.04. The lowest BCUT2D eigenvalue weighted by molar-refractivity contribution is 0.475. The van der Waals surface area contributed by atoms with Gasteiger partial charge in [-0.2, -0.15) is 0 Å². The molecule has 0 fully saturated rings. The van der Waals surface area contributed by atoms with Crippen molar-refractivity contribution in [1.29, 1.82) is 0 Å². The van der Waals surface area contributed by atoms with Crippen LogP contribution in [0, 0.1) is 12.7 Å². The molecule has 0 aliphatic heterocycles. The summed E-state index contributed by atoms with van der Waals surface area (Å²) in [5, 5.41) is 3.37. The first-order valence-corrected chi connectivity index (χ1v) is 6.09. The number of halogens is 1. The Morgan fingerprint density at radius 2 is 2.28 bits per heavy atom. The van der Waals surface area contributed by atoms with E-state index < -0.39 is 0 Å². The molecule has 2 rings (SSSR count). The summed E-state index contributed by atoms with van der Waals surface area (Å²) < 4.78 is 15.4. The van der Waals surface area contributed by atoms with E-state index in [1.54, 1.807) is 25.5 Å². The molecule has 1 aromatic carbocycles. The molecule has 0 saturated carbocycles. The topological polar surface area (TPSA) is 29.9 Å². The molecule has 0 aliphatic carbocycles. The number of imidazole rings is 1. The molecule has 1 atom stereocenters. The molecule has 4 heteroatoms. The lowest BCUT2D eigenvalue weighted by Crippen LogP contribution is -2.29. The van der Waals surface area contributed by atoms with Crippen molar-refractivity contribution in [2.24, 2.45) is 0 Å². The Morgan fingerprint density at radius 1 is 1.44 bits per heavy atom. The Hall–Kier alpha value is -1.68. The second-order valence-electron chi connectivity index (χ2n) is 4.62. The zero-order valence-electron chi connectivity index (χ0n) is 10.7. The average Bonchev–Trinajstić information content (AvgIpc) is 2.83. The van der Waals surface area contributed by atoms with E-state index in [2.05, 4.69) is 17.2 Å². The maximum atomic E-state index is 13.4. The van der Waals surface area contributed by atoms with Crippen LogP contribution >= 0.6 is 0 Å². The van der Waals surface area contributed by atoms with Gasteiger partial charge in [0.05, 0.1) is 6.33 Å². The molecule has 3 nitrogen and oxygen atoms in total. The van der Waals surface area contributed by atoms with Crippen molar-refractivity contribution in [3.05, 3.63) is 53.9 Å². The van der Waals surface area contributed by atoms with Gasteiger partial charge in [-0.15, -0.1) is 0 Å². The first kappa shape index (κ1) is 12.8. The third-order valence-corrected chi connectivity index (χ3v) is 2.93. The fourth-order valence-corrected chi connectivity index (χ4v) is 1.81. The molecule has 0 amide bonds. The van der Waals surface area contributed by atoms with E-state index in [1.165, 1.54) is 0 Å². The second-order valence-corrected chi connectivity index (χ2v) is 4.62. The first-order valence-electron chi connectivity index (χ1n) is 6.09. The van der Waals surface area contributed by atoms with Gasteiger partial charge in [0, 0.05) is 31.5 Å². The van der Waals surface area contributed by atoms with Crippen LogP contribution in [0.3, 0.4) is 0 Å². The maximum absolute atomic E-state index is 13.4.